The highest BCUT2D eigenvalue weighted by Gasteiger charge is 2.03. The van der Waals surface area contributed by atoms with Gasteiger partial charge in [-0.15, -0.1) is 11.3 Å². The van der Waals surface area contributed by atoms with Crippen molar-refractivity contribution in [2.75, 3.05) is 7.05 Å². The van der Waals surface area contributed by atoms with Crippen molar-refractivity contribution in [3.05, 3.63) is 20.8 Å². The molecular formula is C7H10BrNS. The van der Waals surface area contributed by atoms with Crippen molar-refractivity contribution in [1.82, 2.24) is 5.32 Å². The number of thiophene rings is 1. The van der Waals surface area contributed by atoms with Gasteiger partial charge in [0.1, 0.15) is 0 Å². The van der Waals surface area contributed by atoms with Crippen LogP contribution in [0.5, 0.6) is 0 Å². The van der Waals surface area contributed by atoms with Crippen LogP contribution in [0.2, 0.25) is 0 Å². The zero-order valence-corrected chi connectivity index (χ0v) is 8.42. The van der Waals surface area contributed by atoms with Gasteiger partial charge in [-0.2, -0.15) is 0 Å². The maximum Gasteiger partial charge on any atom is 0.0701 e. The Morgan fingerprint density at radius 2 is 2.30 bits per heavy atom. The highest BCUT2D eigenvalue weighted by atomic mass is 79.9. The van der Waals surface area contributed by atoms with Gasteiger partial charge in [-0.1, -0.05) is 0 Å². The van der Waals surface area contributed by atoms with E-state index in [-0.39, 0.29) is 0 Å². The first-order valence-electron chi connectivity index (χ1n) is 3.16. The Kier molecular flexibility index (Phi) is 2.89. The average Bonchev–Trinajstić information content (AvgIpc) is 2.34. The van der Waals surface area contributed by atoms with Crippen LogP contribution in [0.4, 0.5) is 0 Å². The summed E-state index contributed by atoms with van der Waals surface area (Å²) < 4.78 is 1.20. The van der Waals surface area contributed by atoms with E-state index < -0.39 is 0 Å². The molecule has 0 aliphatic carbocycles. The number of nitrogens with one attached hydrogen (secondary N) is 1. The van der Waals surface area contributed by atoms with E-state index in [1.54, 1.807) is 11.3 Å². The van der Waals surface area contributed by atoms with Crippen LogP contribution >= 0.6 is 27.3 Å². The standard InChI is InChI=1S/C7H10BrNS/c1-5(9-2)6-3-4-7(8)10-6/h3-5,9H,1-2H3/t5-/m0/s1. The normalized spacial score (nSPS) is 13.5. The van der Waals surface area contributed by atoms with Crippen LogP contribution in [0.15, 0.2) is 15.9 Å². The second kappa shape index (κ2) is 3.51. The van der Waals surface area contributed by atoms with Crippen LogP contribution in [-0.4, -0.2) is 7.05 Å². The Labute approximate surface area is 73.6 Å². The van der Waals surface area contributed by atoms with E-state index in [1.165, 1.54) is 8.66 Å². The third kappa shape index (κ3) is 1.81. The molecule has 0 saturated carbocycles. The van der Waals surface area contributed by atoms with E-state index in [2.05, 4.69) is 40.3 Å². The molecule has 3 heteroatoms. The fraction of sp³-hybridized carbons (Fsp3) is 0.429. The van der Waals surface area contributed by atoms with E-state index in [4.69, 9.17) is 0 Å². The minimum Gasteiger partial charge on any atom is -0.313 e. The fourth-order valence-electron chi connectivity index (χ4n) is 0.703. The predicted octanol–water partition coefficient (Wildman–Crippen LogP) is 2.79. The van der Waals surface area contributed by atoms with Gasteiger partial charge in [-0.05, 0) is 42.0 Å². The monoisotopic (exact) mass is 219 g/mol. The molecule has 10 heavy (non-hydrogen) atoms. The van der Waals surface area contributed by atoms with Crippen molar-refractivity contribution in [3.8, 4) is 0 Å². The summed E-state index contributed by atoms with van der Waals surface area (Å²) in [7, 11) is 1.97. The minimum absolute atomic E-state index is 0.469. The molecule has 0 unspecified atom stereocenters. The summed E-state index contributed by atoms with van der Waals surface area (Å²) in [5.74, 6) is 0. The van der Waals surface area contributed by atoms with E-state index >= 15 is 0 Å². The molecule has 1 aromatic rings. The molecule has 1 atom stereocenters. The van der Waals surface area contributed by atoms with Crippen LogP contribution in [0.3, 0.4) is 0 Å². The third-order valence-electron chi connectivity index (χ3n) is 1.45. The zero-order chi connectivity index (χ0) is 7.56. The lowest BCUT2D eigenvalue weighted by molar-refractivity contribution is 0.664. The molecule has 0 saturated heterocycles. The molecule has 1 N–H and O–H groups in total. The molecule has 0 fully saturated rings. The topological polar surface area (TPSA) is 12.0 Å². The molecule has 0 aliphatic heterocycles. The molecule has 0 aromatic carbocycles. The summed E-state index contributed by atoms with van der Waals surface area (Å²) in [4.78, 5) is 1.37. The van der Waals surface area contributed by atoms with Crippen molar-refractivity contribution in [3.63, 3.8) is 0 Å². The average molecular weight is 220 g/mol. The molecule has 0 bridgehead atoms. The summed E-state index contributed by atoms with van der Waals surface area (Å²) in [6, 6.07) is 4.68. The predicted molar refractivity (Wildman–Crippen MR) is 49.5 cm³/mol. The highest BCUT2D eigenvalue weighted by molar-refractivity contribution is 9.11. The van der Waals surface area contributed by atoms with Gasteiger partial charge in [0.2, 0.25) is 0 Å². The van der Waals surface area contributed by atoms with Crippen LogP contribution < -0.4 is 5.32 Å². The van der Waals surface area contributed by atoms with Gasteiger partial charge in [-0.25, -0.2) is 0 Å². The van der Waals surface area contributed by atoms with E-state index in [1.807, 2.05) is 7.05 Å². The first kappa shape index (κ1) is 8.24. The number of hydrogen-bond acceptors (Lipinski definition) is 2. The second-order valence-corrected chi connectivity index (χ2v) is 4.65. The fourth-order valence-corrected chi connectivity index (χ4v) is 2.19. The lowest BCUT2D eigenvalue weighted by atomic mass is 10.3. The summed E-state index contributed by atoms with van der Waals surface area (Å²) in [6.07, 6.45) is 0. The third-order valence-corrected chi connectivity index (χ3v) is 3.26. The summed E-state index contributed by atoms with van der Waals surface area (Å²) in [5, 5.41) is 3.18. The SMILES string of the molecule is CN[C@@H](C)c1ccc(Br)s1. The van der Waals surface area contributed by atoms with Gasteiger partial charge in [0.15, 0.2) is 0 Å². The summed E-state index contributed by atoms with van der Waals surface area (Å²) in [5.41, 5.74) is 0. The smallest absolute Gasteiger partial charge is 0.0701 e. The van der Waals surface area contributed by atoms with E-state index in [0.717, 1.165) is 0 Å². The van der Waals surface area contributed by atoms with Crippen LogP contribution in [0, 0.1) is 0 Å². The molecule has 0 spiro atoms. The zero-order valence-electron chi connectivity index (χ0n) is 6.02. The lowest BCUT2D eigenvalue weighted by Crippen LogP contribution is -2.10. The number of rotatable bonds is 2. The Bertz CT molecular complexity index is 209. The number of halogens is 1. The largest absolute Gasteiger partial charge is 0.313 e. The first-order valence-corrected chi connectivity index (χ1v) is 4.77. The van der Waals surface area contributed by atoms with Gasteiger partial charge in [0.25, 0.3) is 0 Å². The van der Waals surface area contributed by atoms with Crippen molar-refractivity contribution in [2.45, 2.75) is 13.0 Å². The van der Waals surface area contributed by atoms with Gasteiger partial charge in [0.05, 0.1) is 3.79 Å². The molecule has 0 aliphatic rings. The molecule has 0 amide bonds. The van der Waals surface area contributed by atoms with Crippen LogP contribution in [-0.2, 0) is 0 Å². The summed E-state index contributed by atoms with van der Waals surface area (Å²) in [6.45, 7) is 2.15. The van der Waals surface area contributed by atoms with Gasteiger partial charge < -0.3 is 5.32 Å². The maximum absolute atomic E-state index is 3.42. The molecule has 56 valence electrons. The second-order valence-electron chi connectivity index (χ2n) is 2.15. The maximum atomic E-state index is 3.42. The summed E-state index contributed by atoms with van der Waals surface area (Å²) >= 11 is 5.19. The molecule has 0 radical (unpaired) electrons. The molecular weight excluding hydrogens is 210 g/mol. The van der Waals surface area contributed by atoms with Crippen molar-refractivity contribution in [1.29, 1.82) is 0 Å². The molecule has 1 rings (SSSR count). The Hall–Kier alpha value is 0.140. The molecule has 1 nitrogen and oxygen atoms in total. The highest BCUT2D eigenvalue weighted by Crippen LogP contribution is 2.26. The van der Waals surface area contributed by atoms with Crippen molar-refractivity contribution < 1.29 is 0 Å². The molecule has 1 heterocycles. The Morgan fingerprint density at radius 3 is 2.70 bits per heavy atom. The quantitative estimate of drug-likeness (QED) is 0.808. The van der Waals surface area contributed by atoms with Crippen molar-refractivity contribution in [2.24, 2.45) is 0 Å². The van der Waals surface area contributed by atoms with Crippen molar-refractivity contribution >= 4 is 27.3 Å². The Morgan fingerprint density at radius 1 is 1.60 bits per heavy atom. The van der Waals surface area contributed by atoms with E-state index in [0.29, 0.717) is 6.04 Å². The van der Waals surface area contributed by atoms with E-state index in [9.17, 15) is 0 Å². The van der Waals surface area contributed by atoms with Gasteiger partial charge in [-0.3, -0.25) is 0 Å². The molecule has 1 aromatic heterocycles. The van der Waals surface area contributed by atoms with Crippen LogP contribution in [0.25, 0.3) is 0 Å². The van der Waals surface area contributed by atoms with Gasteiger partial charge in [0, 0.05) is 10.9 Å². The minimum atomic E-state index is 0.469. The number of hydrogen-bond donors (Lipinski definition) is 1. The first-order chi connectivity index (χ1) is 4.74. The van der Waals surface area contributed by atoms with Gasteiger partial charge >= 0.3 is 0 Å². The Balaban J connectivity index is 2.74. The lowest BCUT2D eigenvalue weighted by Gasteiger charge is -2.05. The van der Waals surface area contributed by atoms with Crippen LogP contribution in [0.1, 0.15) is 17.8 Å².